The highest BCUT2D eigenvalue weighted by Gasteiger charge is 2.22. The molecule has 1 aliphatic rings. The second-order valence-corrected chi connectivity index (χ2v) is 8.90. The summed E-state index contributed by atoms with van der Waals surface area (Å²) in [6, 6.07) is 18.8. The number of nitrogens with zero attached hydrogens (tertiary/aromatic N) is 3. The van der Waals surface area contributed by atoms with Crippen LogP contribution >= 0.6 is 0 Å². The second-order valence-electron chi connectivity index (χ2n) is 8.90. The second kappa shape index (κ2) is 9.01. The van der Waals surface area contributed by atoms with Crippen LogP contribution in [0.2, 0.25) is 0 Å². The first-order valence-corrected chi connectivity index (χ1v) is 11.7. The fourth-order valence-electron chi connectivity index (χ4n) is 4.67. The normalized spacial score (nSPS) is 15.5. The molecule has 180 valence electrons. The molecule has 3 aromatic carbocycles. The van der Waals surface area contributed by atoms with Crippen molar-refractivity contribution in [1.29, 1.82) is 0 Å². The number of halogens is 1. The van der Waals surface area contributed by atoms with Gasteiger partial charge in [-0.3, -0.25) is 14.3 Å². The van der Waals surface area contributed by atoms with E-state index in [4.69, 9.17) is 4.74 Å². The van der Waals surface area contributed by atoms with Crippen LogP contribution in [0.5, 0.6) is 0 Å². The van der Waals surface area contributed by atoms with Gasteiger partial charge >= 0.3 is 0 Å². The first kappa shape index (κ1) is 22.1. The minimum absolute atomic E-state index is 0.167. The standard InChI is InChI=1S/C27H22FN5O3/c28-18-7-10-23-22(13-18)25(32-33(23)14-16-11-12-36-15-16)27(35)29-19-8-5-17(6-9-19)24-20-3-1-2-4-21(20)26(34)31-30-24/h1-10,13,16H,11-12,14-15H2,(H,29,35)(H,31,34). The molecule has 9 heteroatoms. The van der Waals surface area contributed by atoms with E-state index in [1.54, 1.807) is 35.0 Å². The zero-order valence-corrected chi connectivity index (χ0v) is 19.2. The summed E-state index contributed by atoms with van der Waals surface area (Å²) >= 11 is 0. The zero-order valence-electron chi connectivity index (χ0n) is 19.2. The Bertz CT molecular complexity index is 1650. The maximum Gasteiger partial charge on any atom is 0.276 e. The third-order valence-electron chi connectivity index (χ3n) is 6.49. The average Bonchev–Trinajstić information content (AvgIpc) is 3.53. The quantitative estimate of drug-likeness (QED) is 0.387. The van der Waals surface area contributed by atoms with E-state index in [0.717, 1.165) is 17.4 Å². The summed E-state index contributed by atoms with van der Waals surface area (Å²) in [4.78, 5) is 25.3. The maximum atomic E-state index is 14.0. The van der Waals surface area contributed by atoms with Crippen LogP contribution in [0.1, 0.15) is 16.9 Å². The fourth-order valence-corrected chi connectivity index (χ4v) is 4.67. The third-order valence-corrected chi connectivity index (χ3v) is 6.49. The summed E-state index contributed by atoms with van der Waals surface area (Å²) < 4.78 is 21.3. The molecule has 2 N–H and O–H groups in total. The molecule has 5 aromatic rings. The fraction of sp³-hybridized carbons (Fsp3) is 0.185. The Morgan fingerprint density at radius 1 is 1.08 bits per heavy atom. The molecule has 3 heterocycles. The van der Waals surface area contributed by atoms with E-state index >= 15 is 0 Å². The lowest BCUT2D eigenvalue weighted by Gasteiger charge is -2.08. The minimum atomic E-state index is -0.426. The number of hydrogen-bond donors (Lipinski definition) is 2. The molecule has 1 unspecified atom stereocenters. The van der Waals surface area contributed by atoms with Crippen LogP contribution in [0.3, 0.4) is 0 Å². The van der Waals surface area contributed by atoms with Crippen molar-refractivity contribution in [2.75, 3.05) is 18.5 Å². The molecule has 1 amide bonds. The average molecular weight is 484 g/mol. The molecule has 2 aromatic heterocycles. The first-order valence-electron chi connectivity index (χ1n) is 11.7. The number of aromatic amines is 1. The molecule has 0 aliphatic carbocycles. The van der Waals surface area contributed by atoms with E-state index in [1.165, 1.54) is 12.1 Å². The van der Waals surface area contributed by atoms with Crippen molar-refractivity contribution in [1.82, 2.24) is 20.0 Å². The Morgan fingerprint density at radius 3 is 2.67 bits per heavy atom. The Hall–Kier alpha value is -4.37. The van der Waals surface area contributed by atoms with Gasteiger partial charge in [0.2, 0.25) is 0 Å². The van der Waals surface area contributed by atoms with Crippen LogP contribution in [0.15, 0.2) is 71.5 Å². The van der Waals surface area contributed by atoms with Crippen LogP contribution in [0.25, 0.3) is 32.9 Å². The van der Waals surface area contributed by atoms with Crippen LogP contribution in [0.4, 0.5) is 10.1 Å². The van der Waals surface area contributed by atoms with E-state index in [9.17, 15) is 14.0 Å². The summed E-state index contributed by atoms with van der Waals surface area (Å²) in [6.45, 7) is 1.96. The number of amides is 1. The van der Waals surface area contributed by atoms with Gasteiger partial charge in [-0.05, 0) is 42.8 Å². The molecule has 1 atom stereocenters. The molecule has 1 saturated heterocycles. The van der Waals surface area contributed by atoms with Crippen molar-refractivity contribution in [3.05, 3.63) is 88.6 Å². The van der Waals surface area contributed by atoms with Crippen molar-refractivity contribution < 1.29 is 13.9 Å². The molecule has 0 saturated carbocycles. The predicted molar refractivity (Wildman–Crippen MR) is 134 cm³/mol. The molecule has 0 bridgehead atoms. The molecule has 0 radical (unpaired) electrons. The van der Waals surface area contributed by atoms with Gasteiger partial charge in [-0.1, -0.05) is 30.3 Å². The van der Waals surface area contributed by atoms with Gasteiger partial charge in [0, 0.05) is 41.1 Å². The number of rotatable bonds is 5. The van der Waals surface area contributed by atoms with Crippen LogP contribution in [0, 0.1) is 11.7 Å². The van der Waals surface area contributed by atoms with Crippen molar-refractivity contribution in [2.45, 2.75) is 13.0 Å². The largest absolute Gasteiger partial charge is 0.381 e. The van der Waals surface area contributed by atoms with Crippen molar-refractivity contribution in [3.8, 4) is 11.3 Å². The molecule has 8 nitrogen and oxygen atoms in total. The molecule has 1 aliphatic heterocycles. The number of ether oxygens (including phenoxy) is 1. The number of nitrogens with one attached hydrogen (secondary N) is 2. The highest BCUT2D eigenvalue weighted by Crippen LogP contribution is 2.27. The number of fused-ring (bicyclic) bond motifs is 2. The third kappa shape index (κ3) is 4.03. The highest BCUT2D eigenvalue weighted by atomic mass is 19.1. The zero-order chi connectivity index (χ0) is 24.6. The lowest BCUT2D eigenvalue weighted by atomic mass is 10.0. The van der Waals surface area contributed by atoms with Gasteiger partial charge in [-0.25, -0.2) is 9.49 Å². The Balaban J connectivity index is 1.28. The number of anilines is 1. The summed E-state index contributed by atoms with van der Waals surface area (Å²) in [6.07, 6.45) is 0.926. The number of carbonyl (C=O) groups is 1. The lowest BCUT2D eigenvalue weighted by molar-refractivity contribution is 0.102. The Morgan fingerprint density at radius 2 is 1.89 bits per heavy atom. The summed E-state index contributed by atoms with van der Waals surface area (Å²) in [7, 11) is 0. The van der Waals surface area contributed by atoms with Gasteiger partial charge in [0.05, 0.1) is 23.2 Å². The molecule has 36 heavy (non-hydrogen) atoms. The van der Waals surface area contributed by atoms with E-state index in [1.807, 2.05) is 24.3 Å². The number of aromatic nitrogens is 4. The molecule has 0 spiro atoms. The molecular weight excluding hydrogens is 461 g/mol. The monoisotopic (exact) mass is 483 g/mol. The van der Waals surface area contributed by atoms with Crippen molar-refractivity contribution in [2.24, 2.45) is 5.92 Å². The number of H-pyrrole nitrogens is 1. The summed E-state index contributed by atoms with van der Waals surface area (Å²) in [5.41, 5.74) is 2.61. The molecule has 1 fully saturated rings. The van der Waals surface area contributed by atoms with Crippen LogP contribution < -0.4 is 10.9 Å². The van der Waals surface area contributed by atoms with Gasteiger partial charge in [0.1, 0.15) is 5.82 Å². The van der Waals surface area contributed by atoms with Gasteiger partial charge < -0.3 is 10.1 Å². The number of benzene rings is 3. The molecule has 6 rings (SSSR count). The van der Waals surface area contributed by atoms with Gasteiger partial charge in [0.15, 0.2) is 5.69 Å². The number of carbonyl (C=O) groups excluding carboxylic acids is 1. The lowest BCUT2D eigenvalue weighted by Crippen LogP contribution is -2.15. The van der Waals surface area contributed by atoms with Crippen molar-refractivity contribution >= 4 is 33.3 Å². The van der Waals surface area contributed by atoms with Gasteiger partial charge in [-0.2, -0.15) is 10.2 Å². The summed E-state index contributed by atoms with van der Waals surface area (Å²) in [5.74, 6) is -0.545. The Kier molecular flexibility index (Phi) is 5.54. The topological polar surface area (TPSA) is 102 Å². The highest BCUT2D eigenvalue weighted by molar-refractivity contribution is 6.11. The Labute approximate surface area is 204 Å². The van der Waals surface area contributed by atoms with Gasteiger partial charge in [0.25, 0.3) is 11.5 Å². The van der Waals surface area contributed by atoms with Crippen molar-refractivity contribution in [3.63, 3.8) is 0 Å². The molecular formula is C27H22FN5O3. The first-order chi connectivity index (χ1) is 17.6. The van der Waals surface area contributed by atoms with Crippen LogP contribution in [-0.2, 0) is 11.3 Å². The van der Waals surface area contributed by atoms with Gasteiger partial charge in [-0.15, -0.1) is 0 Å². The SMILES string of the molecule is O=C(Nc1ccc(-c2n[nH]c(=O)c3ccccc23)cc1)c1nn(CC2CCOC2)c2ccc(F)cc12. The van der Waals surface area contributed by atoms with E-state index in [2.05, 4.69) is 20.6 Å². The predicted octanol–water partition coefficient (Wildman–Crippen LogP) is 4.37. The smallest absolute Gasteiger partial charge is 0.276 e. The number of hydrogen-bond acceptors (Lipinski definition) is 5. The minimum Gasteiger partial charge on any atom is -0.381 e. The van der Waals surface area contributed by atoms with Crippen LogP contribution in [-0.4, -0.2) is 39.1 Å². The van der Waals surface area contributed by atoms with E-state index in [-0.39, 0.29) is 11.3 Å². The maximum absolute atomic E-state index is 14.0. The van der Waals surface area contributed by atoms with E-state index < -0.39 is 11.7 Å². The summed E-state index contributed by atoms with van der Waals surface area (Å²) in [5, 5.41) is 15.9. The van der Waals surface area contributed by atoms with E-state index in [0.29, 0.717) is 53.3 Å².